The number of hydrogen-bond donors (Lipinski definition) is 1. The molecule has 0 fully saturated rings. The van der Waals surface area contributed by atoms with E-state index in [-0.39, 0.29) is 31.6 Å². The molecular weight excluding hydrogens is 390 g/mol. The number of benzene rings is 2. The Hall–Kier alpha value is -2.77. The van der Waals surface area contributed by atoms with Gasteiger partial charge in [-0.05, 0) is 36.8 Å². The Kier molecular flexibility index (Phi) is 6.95. The van der Waals surface area contributed by atoms with Gasteiger partial charge in [-0.15, -0.1) is 11.8 Å². The van der Waals surface area contributed by atoms with Crippen LogP contribution in [0.4, 0.5) is 0 Å². The van der Waals surface area contributed by atoms with E-state index in [4.69, 9.17) is 14.6 Å². The van der Waals surface area contributed by atoms with E-state index in [9.17, 15) is 9.59 Å². The van der Waals surface area contributed by atoms with Crippen LogP contribution in [0, 0.1) is 6.92 Å². The quantitative estimate of drug-likeness (QED) is 0.637. The van der Waals surface area contributed by atoms with E-state index in [1.807, 2.05) is 31.2 Å². The van der Waals surface area contributed by atoms with Crippen molar-refractivity contribution in [3.8, 4) is 11.5 Å². The van der Waals surface area contributed by atoms with Crippen LogP contribution in [-0.2, 0) is 9.59 Å². The molecule has 1 aliphatic heterocycles. The smallest absolute Gasteiger partial charge is 0.268 e. The molecule has 0 saturated carbocycles. The number of amides is 2. The van der Waals surface area contributed by atoms with Crippen molar-refractivity contribution in [2.75, 3.05) is 32.6 Å². The zero-order chi connectivity index (χ0) is 20.8. The summed E-state index contributed by atoms with van der Waals surface area (Å²) >= 11 is 1.20. The molecule has 1 heterocycles. The molecule has 2 aromatic rings. The largest absolute Gasteiger partial charge is 0.497 e. The lowest BCUT2D eigenvalue weighted by Crippen LogP contribution is -2.35. The van der Waals surface area contributed by atoms with E-state index in [1.165, 1.54) is 16.7 Å². The second-order valence-corrected chi connectivity index (χ2v) is 7.53. The second-order valence-electron chi connectivity index (χ2n) is 6.43. The Morgan fingerprint density at radius 1 is 0.966 bits per heavy atom. The molecule has 0 bridgehead atoms. The summed E-state index contributed by atoms with van der Waals surface area (Å²) in [6, 6.07) is 14.6. The van der Waals surface area contributed by atoms with Crippen molar-refractivity contribution in [1.82, 2.24) is 4.90 Å². The molecule has 2 aromatic carbocycles. The summed E-state index contributed by atoms with van der Waals surface area (Å²) < 4.78 is 10.8. The van der Waals surface area contributed by atoms with Gasteiger partial charge in [0.05, 0.1) is 30.7 Å². The van der Waals surface area contributed by atoms with Crippen LogP contribution in [-0.4, -0.2) is 54.4 Å². The molecule has 3 rings (SSSR count). The number of aliphatic hydroxyl groups excluding tert-OH is 1. The Morgan fingerprint density at radius 2 is 1.62 bits per heavy atom. The first-order valence-electron chi connectivity index (χ1n) is 9.23. The van der Waals surface area contributed by atoms with Gasteiger partial charge in [-0.25, -0.2) is 0 Å². The molecule has 152 valence electrons. The molecule has 0 spiro atoms. The van der Waals surface area contributed by atoms with E-state index < -0.39 is 0 Å². The fraction of sp³-hybridized carbons (Fsp3) is 0.273. The number of nitrogens with zero attached hydrogens (tertiary/aromatic N) is 1. The van der Waals surface area contributed by atoms with Gasteiger partial charge in [0.2, 0.25) is 0 Å². The Morgan fingerprint density at radius 3 is 2.24 bits per heavy atom. The summed E-state index contributed by atoms with van der Waals surface area (Å²) in [5.41, 5.74) is 2.16. The van der Waals surface area contributed by atoms with Crippen molar-refractivity contribution in [3.05, 3.63) is 64.6 Å². The van der Waals surface area contributed by atoms with E-state index in [2.05, 4.69) is 0 Å². The van der Waals surface area contributed by atoms with Crippen LogP contribution in [0.2, 0.25) is 0 Å². The van der Waals surface area contributed by atoms with Gasteiger partial charge in [0.25, 0.3) is 11.8 Å². The van der Waals surface area contributed by atoms with Crippen molar-refractivity contribution in [1.29, 1.82) is 0 Å². The highest BCUT2D eigenvalue weighted by atomic mass is 32.2. The van der Waals surface area contributed by atoms with E-state index in [0.29, 0.717) is 27.5 Å². The highest BCUT2D eigenvalue weighted by Gasteiger charge is 2.38. The fourth-order valence-corrected chi connectivity index (χ4v) is 3.82. The first kappa shape index (κ1) is 21.0. The predicted octanol–water partition coefficient (Wildman–Crippen LogP) is 2.89. The molecule has 0 aliphatic carbocycles. The molecule has 0 atom stereocenters. The molecular formula is C22H23NO5S. The van der Waals surface area contributed by atoms with Crippen LogP contribution in [0.3, 0.4) is 0 Å². The lowest BCUT2D eigenvalue weighted by molar-refractivity contribution is -0.136. The molecule has 1 aliphatic rings. The second kappa shape index (κ2) is 9.62. The number of imide groups is 1. The maximum absolute atomic E-state index is 13.0. The summed E-state index contributed by atoms with van der Waals surface area (Å²) in [5.74, 6) is 1.02. The van der Waals surface area contributed by atoms with Crippen LogP contribution < -0.4 is 9.47 Å². The van der Waals surface area contributed by atoms with Crippen LogP contribution in [0.25, 0.3) is 5.57 Å². The predicted molar refractivity (Wildman–Crippen MR) is 113 cm³/mol. The van der Waals surface area contributed by atoms with Gasteiger partial charge in [-0.3, -0.25) is 14.5 Å². The number of carbonyl (C=O) groups excluding carboxylic acids is 2. The number of hydrogen-bond acceptors (Lipinski definition) is 6. The Labute approximate surface area is 174 Å². The monoisotopic (exact) mass is 413 g/mol. The first-order chi connectivity index (χ1) is 14.0. The highest BCUT2D eigenvalue weighted by Crippen LogP contribution is 2.36. The van der Waals surface area contributed by atoms with Gasteiger partial charge in [0.1, 0.15) is 18.1 Å². The molecule has 0 radical (unpaired) electrons. The molecule has 6 nitrogen and oxygen atoms in total. The van der Waals surface area contributed by atoms with Gasteiger partial charge >= 0.3 is 0 Å². The third-order valence-electron chi connectivity index (χ3n) is 4.45. The minimum atomic E-state index is -0.345. The minimum absolute atomic E-state index is 0.0720. The van der Waals surface area contributed by atoms with Crippen molar-refractivity contribution < 1.29 is 24.2 Å². The topological polar surface area (TPSA) is 76.1 Å². The van der Waals surface area contributed by atoms with Crippen LogP contribution >= 0.6 is 11.8 Å². The number of ether oxygens (including phenoxy) is 2. The van der Waals surface area contributed by atoms with Crippen LogP contribution in [0.5, 0.6) is 11.5 Å². The highest BCUT2D eigenvalue weighted by molar-refractivity contribution is 8.04. The molecule has 0 saturated heterocycles. The lowest BCUT2D eigenvalue weighted by atomic mass is 10.0. The summed E-state index contributed by atoms with van der Waals surface area (Å²) in [4.78, 5) is 27.5. The number of thioether (sulfide) groups is 1. The molecule has 29 heavy (non-hydrogen) atoms. The van der Waals surface area contributed by atoms with Gasteiger partial charge in [0.15, 0.2) is 0 Å². The summed E-state index contributed by atoms with van der Waals surface area (Å²) in [6.45, 7) is 2.21. The number of rotatable bonds is 9. The number of aliphatic hydroxyl groups is 1. The summed E-state index contributed by atoms with van der Waals surface area (Å²) in [6.07, 6.45) is 0. The van der Waals surface area contributed by atoms with E-state index >= 15 is 0 Å². The lowest BCUT2D eigenvalue weighted by Gasteiger charge is -2.16. The van der Waals surface area contributed by atoms with Crippen molar-refractivity contribution >= 4 is 29.1 Å². The molecule has 0 aromatic heterocycles. The van der Waals surface area contributed by atoms with Gasteiger partial charge < -0.3 is 14.6 Å². The minimum Gasteiger partial charge on any atom is -0.497 e. The standard InChI is InChI=1S/C22H23NO5S/c1-15-3-5-16(6-4-15)19-20(29-14-12-24)22(26)23(21(19)25)11-13-28-18-9-7-17(27-2)8-10-18/h3-10,24H,11-14H2,1-2H3. The van der Waals surface area contributed by atoms with E-state index in [0.717, 1.165) is 11.3 Å². The molecule has 0 unspecified atom stereocenters. The van der Waals surface area contributed by atoms with E-state index in [1.54, 1.807) is 31.4 Å². The van der Waals surface area contributed by atoms with Crippen LogP contribution in [0.1, 0.15) is 11.1 Å². The van der Waals surface area contributed by atoms with Crippen molar-refractivity contribution in [2.45, 2.75) is 6.92 Å². The van der Waals surface area contributed by atoms with Gasteiger partial charge in [-0.1, -0.05) is 29.8 Å². The summed E-state index contributed by atoms with van der Waals surface area (Å²) in [5, 5.41) is 9.16. The molecule has 1 N–H and O–H groups in total. The third kappa shape index (κ3) is 4.81. The zero-order valence-corrected chi connectivity index (χ0v) is 17.2. The normalized spacial score (nSPS) is 14.0. The Balaban J connectivity index is 1.72. The van der Waals surface area contributed by atoms with Gasteiger partial charge in [-0.2, -0.15) is 0 Å². The van der Waals surface area contributed by atoms with Crippen molar-refractivity contribution in [3.63, 3.8) is 0 Å². The molecule has 2 amide bonds. The molecule has 7 heteroatoms. The maximum atomic E-state index is 13.0. The number of methoxy groups -OCH3 is 1. The average molecular weight is 413 g/mol. The van der Waals surface area contributed by atoms with Crippen LogP contribution in [0.15, 0.2) is 53.4 Å². The average Bonchev–Trinajstić information content (AvgIpc) is 2.97. The third-order valence-corrected chi connectivity index (χ3v) is 5.50. The zero-order valence-electron chi connectivity index (χ0n) is 16.4. The Bertz CT molecular complexity index is 906. The van der Waals surface area contributed by atoms with Crippen molar-refractivity contribution in [2.24, 2.45) is 0 Å². The fourth-order valence-electron chi connectivity index (χ4n) is 2.94. The number of aryl methyl sites for hydroxylation is 1. The first-order valence-corrected chi connectivity index (χ1v) is 10.2. The maximum Gasteiger partial charge on any atom is 0.268 e. The summed E-state index contributed by atoms with van der Waals surface area (Å²) in [7, 11) is 1.59. The SMILES string of the molecule is COc1ccc(OCCN2C(=O)C(SCCO)=C(c3ccc(C)cc3)C2=O)cc1. The van der Waals surface area contributed by atoms with Gasteiger partial charge in [0, 0.05) is 5.75 Å². The number of carbonyl (C=O) groups is 2.